The molecule has 2 aromatic carbocycles. The number of hydrogen-bond acceptors (Lipinski definition) is 1. The molecule has 1 aliphatic carbocycles. The van der Waals surface area contributed by atoms with Gasteiger partial charge in [0.2, 0.25) is 0 Å². The van der Waals surface area contributed by atoms with Crippen LogP contribution in [0.3, 0.4) is 0 Å². The first-order valence-electron chi connectivity index (χ1n) is 8.41. The normalized spacial score (nSPS) is 13.1. The molecule has 1 heteroatoms. The zero-order valence-corrected chi connectivity index (χ0v) is 15.6. The summed E-state index contributed by atoms with van der Waals surface area (Å²) in [6.45, 7) is 17.2. The minimum Gasteiger partial charge on any atom is -0.289 e. The molecule has 1 nitrogen and oxygen atoms in total. The van der Waals surface area contributed by atoms with Crippen molar-refractivity contribution in [3.63, 3.8) is 0 Å². The molecule has 0 atom stereocenters. The summed E-state index contributed by atoms with van der Waals surface area (Å²) in [5, 5.41) is 0. The van der Waals surface area contributed by atoms with Crippen molar-refractivity contribution in [1.82, 2.24) is 0 Å². The Kier molecular flexibility index (Phi) is 3.51. The van der Waals surface area contributed by atoms with Gasteiger partial charge in [0.15, 0.2) is 5.78 Å². The van der Waals surface area contributed by atoms with Gasteiger partial charge in [-0.05, 0) is 117 Å². The van der Waals surface area contributed by atoms with Crippen LogP contribution < -0.4 is 0 Å². The van der Waals surface area contributed by atoms with E-state index in [2.05, 4.69) is 55.4 Å². The largest absolute Gasteiger partial charge is 0.289 e. The van der Waals surface area contributed by atoms with E-state index in [1.807, 2.05) is 0 Å². The predicted molar refractivity (Wildman–Crippen MR) is 97.0 cm³/mol. The van der Waals surface area contributed by atoms with Gasteiger partial charge in [-0.15, -0.1) is 0 Å². The van der Waals surface area contributed by atoms with E-state index in [4.69, 9.17) is 0 Å². The van der Waals surface area contributed by atoms with Crippen LogP contribution in [0.5, 0.6) is 0 Å². The smallest absolute Gasteiger partial charge is 0.194 e. The van der Waals surface area contributed by atoms with Crippen LogP contribution in [-0.2, 0) is 6.42 Å². The molecule has 0 saturated heterocycles. The van der Waals surface area contributed by atoms with Gasteiger partial charge in [-0.1, -0.05) is 0 Å². The summed E-state index contributed by atoms with van der Waals surface area (Å²) in [4.78, 5) is 13.4. The van der Waals surface area contributed by atoms with Gasteiger partial charge in [0.25, 0.3) is 0 Å². The Morgan fingerprint density at radius 2 is 0.783 bits per heavy atom. The highest BCUT2D eigenvalue weighted by atomic mass is 16.1. The number of fused-ring (bicyclic) bond motifs is 2. The highest BCUT2D eigenvalue weighted by Gasteiger charge is 2.31. The van der Waals surface area contributed by atoms with Crippen molar-refractivity contribution in [2.45, 2.75) is 61.8 Å². The molecule has 0 spiro atoms. The number of rotatable bonds is 0. The lowest BCUT2D eigenvalue weighted by Crippen LogP contribution is -2.22. The minimum absolute atomic E-state index is 0.230. The zero-order chi connectivity index (χ0) is 17.2. The Hall–Kier alpha value is -1.89. The van der Waals surface area contributed by atoms with E-state index >= 15 is 0 Å². The Labute approximate surface area is 139 Å². The van der Waals surface area contributed by atoms with E-state index in [1.54, 1.807) is 0 Å². The van der Waals surface area contributed by atoms with E-state index < -0.39 is 0 Å². The van der Waals surface area contributed by atoms with Gasteiger partial charge in [0.05, 0.1) is 0 Å². The summed E-state index contributed by atoms with van der Waals surface area (Å²) < 4.78 is 0. The summed E-state index contributed by atoms with van der Waals surface area (Å²) in [6.07, 6.45) is 0.887. The first kappa shape index (κ1) is 16.0. The lowest BCUT2D eigenvalue weighted by molar-refractivity contribution is 0.103. The zero-order valence-electron chi connectivity index (χ0n) is 15.6. The number of benzene rings is 2. The second-order valence-corrected chi connectivity index (χ2v) is 7.21. The van der Waals surface area contributed by atoms with Crippen molar-refractivity contribution >= 4 is 5.78 Å². The molecule has 23 heavy (non-hydrogen) atoms. The van der Waals surface area contributed by atoms with Crippen molar-refractivity contribution in [2.75, 3.05) is 0 Å². The fourth-order valence-corrected chi connectivity index (χ4v) is 4.14. The van der Waals surface area contributed by atoms with Crippen LogP contribution in [0.25, 0.3) is 0 Å². The lowest BCUT2D eigenvalue weighted by atomic mass is 9.74. The van der Waals surface area contributed by atoms with Crippen molar-refractivity contribution in [3.05, 3.63) is 66.8 Å². The number of carbonyl (C=O) groups excluding carboxylic acids is 1. The van der Waals surface area contributed by atoms with Gasteiger partial charge >= 0.3 is 0 Å². The molecule has 0 N–H and O–H groups in total. The van der Waals surface area contributed by atoms with E-state index in [1.165, 1.54) is 44.5 Å². The summed E-state index contributed by atoms with van der Waals surface area (Å²) in [5.74, 6) is 0.230. The quantitative estimate of drug-likeness (QED) is 0.551. The number of carbonyl (C=O) groups is 1. The van der Waals surface area contributed by atoms with Crippen molar-refractivity contribution < 1.29 is 4.79 Å². The molecule has 0 unspecified atom stereocenters. The van der Waals surface area contributed by atoms with Crippen molar-refractivity contribution in [2.24, 2.45) is 0 Å². The fourth-order valence-electron chi connectivity index (χ4n) is 4.14. The Morgan fingerprint density at radius 1 is 0.478 bits per heavy atom. The predicted octanol–water partition coefficient (Wildman–Crippen LogP) is 5.29. The van der Waals surface area contributed by atoms with Crippen LogP contribution in [-0.4, -0.2) is 5.78 Å². The summed E-state index contributed by atoms with van der Waals surface area (Å²) in [7, 11) is 0. The molecule has 1 aliphatic rings. The van der Waals surface area contributed by atoms with Gasteiger partial charge in [-0.3, -0.25) is 4.79 Å². The monoisotopic (exact) mass is 306 g/mol. The second-order valence-electron chi connectivity index (χ2n) is 7.21. The maximum Gasteiger partial charge on any atom is 0.194 e. The van der Waals surface area contributed by atoms with Gasteiger partial charge in [-0.25, -0.2) is 0 Å². The van der Waals surface area contributed by atoms with Gasteiger partial charge in [0.1, 0.15) is 0 Å². The van der Waals surface area contributed by atoms with Crippen LogP contribution in [0.15, 0.2) is 0 Å². The molecule has 0 heterocycles. The SMILES string of the molecule is Cc1c(C)c(C)c2c(c1C)Cc1c(C)c(C)c(C)c(C)c1C2=O. The van der Waals surface area contributed by atoms with Crippen molar-refractivity contribution in [3.8, 4) is 0 Å². The first-order valence-corrected chi connectivity index (χ1v) is 8.41. The molecule has 3 rings (SSSR count). The van der Waals surface area contributed by atoms with Gasteiger partial charge in [-0.2, -0.15) is 0 Å². The standard InChI is InChI=1S/C22H26O/c1-10-12(3)16(7)20-18(14(10)5)9-19-15(6)11(2)13(4)17(8)21(19)22(20)23/h9H2,1-8H3. The average Bonchev–Trinajstić information content (AvgIpc) is 2.53. The summed E-state index contributed by atoms with van der Waals surface area (Å²) in [6, 6.07) is 0. The highest BCUT2D eigenvalue weighted by molar-refractivity contribution is 6.15. The molecule has 0 fully saturated rings. The molecule has 0 aromatic heterocycles. The Bertz CT molecular complexity index is 811. The van der Waals surface area contributed by atoms with E-state index in [-0.39, 0.29) is 5.78 Å². The van der Waals surface area contributed by atoms with Crippen LogP contribution in [0, 0.1) is 55.4 Å². The van der Waals surface area contributed by atoms with Crippen LogP contribution >= 0.6 is 0 Å². The average molecular weight is 306 g/mol. The third-order valence-corrected chi connectivity index (χ3v) is 6.44. The second kappa shape index (κ2) is 5.06. The molecule has 120 valence electrons. The van der Waals surface area contributed by atoms with Crippen LogP contribution in [0.2, 0.25) is 0 Å². The molecule has 0 saturated carbocycles. The number of hydrogen-bond donors (Lipinski definition) is 0. The maximum atomic E-state index is 13.4. The minimum atomic E-state index is 0.230. The summed E-state index contributed by atoms with van der Waals surface area (Å²) >= 11 is 0. The molecule has 0 aliphatic heterocycles. The highest BCUT2D eigenvalue weighted by Crippen LogP contribution is 2.39. The fraction of sp³-hybridized carbons (Fsp3) is 0.409. The molecular formula is C22H26O. The topological polar surface area (TPSA) is 17.1 Å². The number of ketones is 1. The van der Waals surface area contributed by atoms with Crippen LogP contribution in [0.1, 0.15) is 71.6 Å². The third kappa shape index (κ3) is 1.95. The molecule has 0 bridgehead atoms. The summed E-state index contributed by atoms with van der Waals surface area (Å²) in [5.41, 5.74) is 14.5. The van der Waals surface area contributed by atoms with Crippen LogP contribution in [0.4, 0.5) is 0 Å². The molecule has 2 aromatic rings. The van der Waals surface area contributed by atoms with Crippen molar-refractivity contribution in [1.29, 1.82) is 0 Å². The first-order chi connectivity index (χ1) is 10.7. The molecule has 0 radical (unpaired) electrons. The molecule has 0 amide bonds. The van der Waals surface area contributed by atoms with Gasteiger partial charge < -0.3 is 0 Å². The van der Waals surface area contributed by atoms with Gasteiger partial charge in [0, 0.05) is 11.1 Å². The maximum absolute atomic E-state index is 13.4. The Balaban J connectivity index is 2.43. The van der Waals surface area contributed by atoms with E-state index in [9.17, 15) is 4.79 Å². The third-order valence-electron chi connectivity index (χ3n) is 6.44. The lowest BCUT2D eigenvalue weighted by Gasteiger charge is -2.29. The van der Waals surface area contributed by atoms with E-state index in [0.717, 1.165) is 28.7 Å². The Morgan fingerprint density at radius 3 is 1.13 bits per heavy atom. The molecular weight excluding hydrogens is 280 g/mol. The van der Waals surface area contributed by atoms with E-state index in [0.29, 0.717) is 0 Å².